The van der Waals surface area contributed by atoms with Crippen LogP contribution < -0.4 is 19.1 Å². The predicted molar refractivity (Wildman–Crippen MR) is 152 cm³/mol. The van der Waals surface area contributed by atoms with Gasteiger partial charge in [0.25, 0.3) is 0 Å². The van der Waals surface area contributed by atoms with Crippen LogP contribution in [0.4, 0.5) is 5.95 Å². The van der Waals surface area contributed by atoms with E-state index in [1.54, 1.807) is 33.7 Å². The second kappa shape index (κ2) is 10.6. The van der Waals surface area contributed by atoms with Crippen LogP contribution in [0.5, 0.6) is 17.2 Å². The third-order valence-electron chi connectivity index (χ3n) is 7.71. The molecule has 1 aromatic heterocycles. The van der Waals surface area contributed by atoms with Gasteiger partial charge in [-0.2, -0.15) is 0 Å². The molecule has 4 aromatic rings. The topological polar surface area (TPSA) is 83.0 Å². The Labute approximate surface area is 233 Å². The number of carbonyl (C=O) groups is 1. The number of hydrogen-bond acceptors (Lipinski definition) is 8. The molecule has 3 aromatic carbocycles. The van der Waals surface area contributed by atoms with Gasteiger partial charge in [-0.1, -0.05) is 12.1 Å². The second-order valence-corrected chi connectivity index (χ2v) is 9.67. The molecule has 0 fully saturated rings. The monoisotopic (exact) mass is 547 g/mol. The van der Waals surface area contributed by atoms with E-state index in [4.69, 9.17) is 28.9 Å². The molecule has 8 nitrogen and oxygen atoms in total. The van der Waals surface area contributed by atoms with E-state index in [0.29, 0.717) is 23.0 Å². The maximum absolute atomic E-state index is 12.8. The Balaban J connectivity index is 0.00000308. The van der Waals surface area contributed by atoms with Gasteiger partial charge in [0, 0.05) is 42.2 Å². The molecule has 0 amide bonds. The van der Waals surface area contributed by atoms with Gasteiger partial charge >= 0.3 is 5.97 Å². The van der Waals surface area contributed by atoms with Crippen molar-refractivity contribution in [1.29, 1.82) is 0 Å². The van der Waals surface area contributed by atoms with Crippen LogP contribution in [0, 0.1) is 0 Å². The molecular formula is C30H30ClN3O5. The smallest absolute Gasteiger partial charge is 0.339 e. The fourth-order valence-corrected chi connectivity index (χ4v) is 5.72. The van der Waals surface area contributed by atoms with E-state index in [0.717, 1.165) is 52.5 Å². The molecule has 6 rings (SSSR count). The Kier molecular flexibility index (Phi) is 7.23. The highest BCUT2D eigenvalue weighted by Gasteiger charge is 2.29. The number of likely N-dealkylation sites (N-methyl/N-ethyl adjacent to an activating group) is 1. The van der Waals surface area contributed by atoms with Crippen LogP contribution in [0.25, 0.3) is 21.9 Å². The summed E-state index contributed by atoms with van der Waals surface area (Å²) in [6, 6.07) is 12.3. The number of carbonyl (C=O) groups excluding carboxylic acids is 1. The van der Waals surface area contributed by atoms with Crippen molar-refractivity contribution in [3.63, 3.8) is 0 Å². The minimum atomic E-state index is -0.343. The SMILES string of the molecule is COc1cc2cc3c(c(-c4cnc(N(C)[C@H]5CCc6c(cccc6OC)C5)nc4)c2cc1OC)C(=O)OC3.Cl. The average molecular weight is 548 g/mol. The molecule has 1 aliphatic heterocycles. The first-order chi connectivity index (χ1) is 18.5. The van der Waals surface area contributed by atoms with Crippen LogP contribution >= 0.6 is 12.4 Å². The first kappa shape index (κ1) is 26.6. The number of anilines is 1. The number of ether oxygens (including phenoxy) is 4. The molecule has 1 aliphatic carbocycles. The Morgan fingerprint density at radius 3 is 2.36 bits per heavy atom. The van der Waals surface area contributed by atoms with Gasteiger partial charge in [0.05, 0.1) is 26.9 Å². The minimum Gasteiger partial charge on any atom is -0.496 e. The van der Waals surface area contributed by atoms with Gasteiger partial charge in [-0.05, 0) is 65.4 Å². The van der Waals surface area contributed by atoms with Gasteiger partial charge in [-0.3, -0.25) is 0 Å². The summed E-state index contributed by atoms with van der Waals surface area (Å²) in [5, 5.41) is 1.77. The largest absolute Gasteiger partial charge is 0.496 e. The fraction of sp³-hybridized carbons (Fsp3) is 0.300. The first-order valence-electron chi connectivity index (χ1n) is 12.6. The summed E-state index contributed by atoms with van der Waals surface area (Å²) in [6.45, 7) is 0.237. The molecule has 0 N–H and O–H groups in total. The van der Waals surface area contributed by atoms with Crippen LogP contribution in [0.1, 0.15) is 33.5 Å². The van der Waals surface area contributed by atoms with Gasteiger partial charge in [0.1, 0.15) is 12.4 Å². The maximum atomic E-state index is 12.8. The van der Waals surface area contributed by atoms with Crippen molar-refractivity contribution in [2.75, 3.05) is 33.3 Å². The molecule has 0 unspecified atom stereocenters. The van der Waals surface area contributed by atoms with Gasteiger partial charge < -0.3 is 23.8 Å². The molecule has 39 heavy (non-hydrogen) atoms. The number of fused-ring (bicyclic) bond motifs is 3. The summed E-state index contributed by atoms with van der Waals surface area (Å²) < 4.78 is 22.0. The lowest BCUT2D eigenvalue weighted by Gasteiger charge is -2.33. The molecule has 0 saturated heterocycles. The van der Waals surface area contributed by atoms with Gasteiger partial charge in [0.15, 0.2) is 11.5 Å². The van der Waals surface area contributed by atoms with Crippen molar-refractivity contribution in [1.82, 2.24) is 9.97 Å². The van der Waals surface area contributed by atoms with E-state index >= 15 is 0 Å². The van der Waals surface area contributed by atoms with E-state index < -0.39 is 0 Å². The third kappa shape index (κ3) is 4.48. The second-order valence-electron chi connectivity index (χ2n) is 9.67. The Morgan fingerprint density at radius 1 is 0.923 bits per heavy atom. The molecule has 202 valence electrons. The number of methoxy groups -OCH3 is 3. The van der Waals surface area contributed by atoms with Crippen molar-refractivity contribution in [2.45, 2.75) is 31.9 Å². The van der Waals surface area contributed by atoms with Gasteiger partial charge in [-0.15, -0.1) is 12.4 Å². The number of cyclic esters (lactones) is 1. The summed E-state index contributed by atoms with van der Waals surface area (Å²) in [5.41, 5.74) is 5.47. The summed E-state index contributed by atoms with van der Waals surface area (Å²) >= 11 is 0. The lowest BCUT2D eigenvalue weighted by Crippen LogP contribution is -2.37. The minimum absolute atomic E-state index is 0. The molecule has 0 saturated carbocycles. The average Bonchev–Trinajstić information content (AvgIpc) is 3.33. The highest BCUT2D eigenvalue weighted by atomic mass is 35.5. The van der Waals surface area contributed by atoms with Gasteiger partial charge in [-0.25, -0.2) is 14.8 Å². The Morgan fingerprint density at radius 2 is 1.64 bits per heavy atom. The van der Waals surface area contributed by atoms with Crippen LogP contribution in [-0.4, -0.2) is 50.4 Å². The molecule has 0 radical (unpaired) electrons. The van der Waals surface area contributed by atoms with Crippen molar-refractivity contribution in [3.05, 3.63) is 71.0 Å². The number of hydrogen-bond donors (Lipinski definition) is 0. The molecular weight excluding hydrogens is 518 g/mol. The van der Waals surface area contributed by atoms with Crippen LogP contribution in [0.3, 0.4) is 0 Å². The van der Waals surface area contributed by atoms with Crippen molar-refractivity contribution >= 4 is 35.1 Å². The number of halogens is 1. The highest BCUT2D eigenvalue weighted by Crippen LogP contribution is 2.42. The van der Waals surface area contributed by atoms with Crippen molar-refractivity contribution < 1.29 is 23.7 Å². The molecule has 9 heteroatoms. The maximum Gasteiger partial charge on any atom is 0.339 e. The number of rotatable bonds is 6. The zero-order valence-electron chi connectivity index (χ0n) is 22.3. The van der Waals surface area contributed by atoms with Crippen LogP contribution in [-0.2, 0) is 24.2 Å². The first-order valence-corrected chi connectivity index (χ1v) is 12.6. The normalized spacial score (nSPS) is 15.6. The lowest BCUT2D eigenvalue weighted by molar-refractivity contribution is 0.0535. The number of benzene rings is 3. The molecule has 0 spiro atoms. The van der Waals surface area contributed by atoms with Crippen molar-refractivity contribution in [3.8, 4) is 28.4 Å². The van der Waals surface area contributed by atoms with E-state index in [1.165, 1.54) is 11.1 Å². The third-order valence-corrected chi connectivity index (χ3v) is 7.71. The zero-order valence-corrected chi connectivity index (χ0v) is 23.1. The van der Waals surface area contributed by atoms with Gasteiger partial charge in [0.2, 0.25) is 5.95 Å². The molecule has 0 bridgehead atoms. The summed E-state index contributed by atoms with van der Waals surface area (Å²) in [4.78, 5) is 24.4. The number of nitrogens with zero attached hydrogens (tertiary/aromatic N) is 3. The predicted octanol–water partition coefficient (Wildman–Crippen LogP) is 5.41. The van der Waals surface area contributed by atoms with E-state index in [2.05, 4.69) is 11.0 Å². The lowest BCUT2D eigenvalue weighted by atomic mass is 9.87. The van der Waals surface area contributed by atoms with E-state index in [-0.39, 0.29) is 31.0 Å². The fourth-order valence-electron chi connectivity index (χ4n) is 5.72. The highest BCUT2D eigenvalue weighted by molar-refractivity contribution is 6.11. The summed E-state index contributed by atoms with van der Waals surface area (Å²) in [6.07, 6.45) is 6.41. The summed E-state index contributed by atoms with van der Waals surface area (Å²) in [7, 11) is 6.96. The standard InChI is InChI=1S/C30H29N3O5.ClH/c1-33(21-8-9-22-17(11-21)6-5-7-24(22)35-2)30-31-14-20(15-32-30)27-23-13-26(37-4)25(36-3)12-18(23)10-19-16-38-29(34)28(19)27;/h5-7,10,12-15,21H,8-9,11,16H2,1-4H3;1H/t21-;/m0./s1. The van der Waals surface area contributed by atoms with E-state index in [1.807, 2.05) is 37.4 Å². The quantitative estimate of drug-likeness (QED) is 0.296. The summed E-state index contributed by atoms with van der Waals surface area (Å²) in [5.74, 6) is 2.46. The zero-order chi connectivity index (χ0) is 26.4. The molecule has 1 atom stereocenters. The molecule has 2 heterocycles. The van der Waals surface area contributed by atoms with Crippen LogP contribution in [0.15, 0.2) is 48.8 Å². The number of aromatic nitrogens is 2. The molecule has 2 aliphatic rings. The van der Waals surface area contributed by atoms with E-state index in [9.17, 15) is 4.79 Å². The number of esters is 1. The Bertz CT molecular complexity index is 1560. The van der Waals surface area contributed by atoms with Crippen molar-refractivity contribution in [2.24, 2.45) is 0 Å². The van der Waals surface area contributed by atoms with Crippen LogP contribution in [0.2, 0.25) is 0 Å². The Hall–Kier alpha value is -4.04.